The lowest BCUT2D eigenvalue weighted by atomic mass is 10.3. The fourth-order valence-electron chi connectivity index (χ4n) is 1.35. The third-order valence-electron chi connectivity index (χ3n) is 2.08. The number of pyridine rings is 1. The molecule has 0 aromatic carbocycles. The summed E-state index contributed by atoms with van der Waals surface area (Å²) in [5, 5.41) is 7.39. The van der Waals surface area contributed by atoms with E-state index < -0.39 is 0 Å². The van der Waals surface area contributed by atoms with Crippen LogP contribution in [0.5, 0.6) is 0 Å². The summed E-state index contributed by atoms with van der Waals surface area (Å²) in [7, 11) is 0. The van der Waals surface area contributed by atoms with Crippen LogP contribution in [0.1, 0.15) is 10.5 Å². The molecule has 0 fully saturated rings. The molecule has 0 aliphatic carbocycles. The van der Waals surface area contributed by atoms with Crippen LogP contribution in [0.2, 0.25) is 5.02 Å². The lowest BCUT2D eigenvalue weighted by Gasteiger charge is -1.97. The first kappa shape index (κ1) is 11.3. The second kappa shape index (κ2) is 4.76. The molecule has 2 aromatic heterocycles. The zero-order valence-electron chi connectivity index (χ0n) is 8.35. The number of aromatic nitrogens is 2. The Bertz CT molecular complexity index is 526. The molecule has 2 aromatic rings. The van der Waals surface area contributed by atoms with E-state index in [-0.39, 0.29) is 5.91 Å². The van der Waals surface area contributed by atoms with Crippen LogP contribution in [0.25, 0.3) is 5.52 Å². The summed E-state index contributed by atoms with van der Waals surface area (Å²) in [5.41, 5.74) is 1.08. The van der Waals surface area contributed by atoms with Crippen molar-refractivity contribution in [3.05, 3.63) is 35.1 Å². The molecule has 84 valence electrons. The molecule has 16 heavy (non-hydrogen) atoms. The highest BCUT2D eigenvalue weighted by molar-refractivity contribution is 7.80. The molecule has 2 heterocycles. The molecule has 0 aliphatic heterocycles. The first-order valence-corrected chi connectivity index (χ1v) is 5.76. The predicted octanol–water partition coefficient (Wildman–Crippen LogP) is 1.65. The predicted molar refractivity (Wildman–Crippen MR) is 66.4 cm³/mol. The number of rotatable bonds is 3. The van der Waals surface area contributed by atoms with Gasteiger partial charge in [0.05, 0.1) is 10.5 Å². The van der Waals surface area contributed by atoms with Crippen LogP contribution >= 0.6 is 24.2 Å². The summed E-state index contributed by atoms with van der Waals surface area (Å²) in [6.45, 7) is 0.517. The van der Waals surface area contributed by atoms with Crippen molar-refractivity contribution >= 4 is 35.7 Å². The van der Waals surface area contributed by atoms with Crippen LogP contribution in [-0.4, -0.2) is 27.8 Å². The van der Waals surface area contributed by atoms with Gasteiger partial charge in [-0.3, -0.25) is 4.79 Å². The van der Waals surface area contributed by atoms with Gasteiger partial charge in [0.15, 0.2) is 5.69 Å². The van der Waals surface area contributed by atoms with Crippen LogP contribution in [0, 0.1) is 0 Å². The molecule has 1 amide bonds. The fraction of sp³-hybridized carbons (Fsp3) is 0.200. The highest BCUT2D eigenvalue weighted by Gasteiger charge is 2.11. The number of nitrogens with one attached hydrogen (secondary N) is 1. The third-order valence-corrected chi connectivity index (χ3v) is 2.62. The topological polar surface area (TPSA) is 46.4 Å². The van der Waals surface area contributed by atoms with Gasteiger partial charge >= 0.3 is 0 Å². The minimum Gasteiger partial charge on any atom is -0.350 e. The standard InChI is InChI=1S/C10H10ClN3OS/c11-7-2-1-4-14-9(7)6-8(13-14)10(15)12-3-5-16/h1-2,4,6,16H,3,5H2,(H,12,15). The average Bonchev–Trinajstić information content (AvgIpc) is 2.71. The van der Waals surface area contributed by atoms with Crippen LogP contribution < -0.4 is 5.32 Å². The van der Waals surface area contributed by atoms with Crippen molar-refractivity contribution in [1.82, 2.24) is 14.9 Å². The van der Waals surface area contributed by atoms with E-state index in [1.54, 1.807) is 28.9 Å². The van der Waals surface area contributed by atoms with E-state index >= 15 is 0 Å². The monoisotopic (exact) mass is 255 g/mol. The molecule has 0 spiro atoms. The molecule has 1 N–H and O–H groups in total. The number of halogens is 1. The molecule has 4 nitrogen and oxygen atoms in total. The summed E-state index contributed by atoms with van der Waals surface area (Å²) >= 11 is 9.99. The zero-order chi connectivity index (χ0) is 11.5. The number of fused-ring (bicyclic) bond motifs is 1. The Labute approximate surface area is 103 Å². The normalized spacial score (nSPS) is 10.6. The summed E-state index contributed by atoms with van der Waals surface area (Å²) in [6.07, 6.45) is 1.75. The van der Waals surface area contributed by atoms with E-state index in [1.807, 2.05) is 0 Å². The largest absolute Gasteiger partial charge is 0.350 e. The van der Waals surface area contributed by atoms with Gasteiger partial charge in [0.25, 0.3) is 5.91 Å². The molecular formula is C10H10ClN3OS. The molecule has 0 atom stereocenters. The molecule has 0 saturated carbocycles. The van der Waals surface area contributed by atoms with Gasteiger partial charge in [0.2, 0.25) is 0 Å². The maximum absolute atomic E-state index is 11.6. The third kappa shape index (κ3) is 2.15. The Morgan fingerprint density at radius 2 is 2.44 bits per heavy atom. The molecule has 2 rings (SSSR count). The fourth-order valence-corrected chi connectivity index (χ4v) is 1.68. The van der Waals surface area contributed by atoms with Crippen molar-refractivity contribution in [3.63, 3.8) is 0 Å². The maximum Gasteiger partial charge on any atom is 0.271 e. The van der Waals surface area contributed by atoms with Crippen molar-refractivity contribution in [2.75, 3.05) is 12.3 Å². The smallest absolute Gasteiger partial charge is 0.271 e. The molecule has 0 radical (unpaired) electrons. The van der Waals surface area contributed by atoms with Gasteiger partial charge in [-0.1, -0.05) is 11.6 Å². The Hall–Kier alpha value is -1.20. The van der Waals surface area contributed by atoms with E-state index in [0.29, 0.717) is 23.0 Å². The molecule has 0 unspecified atom stereocenters. The van der Waals surface area contributed by atoms with Crippen molar-refractivity contribution in [2.24, 2.45) is 0 Å². The van der Waals surface area contributed by atoms with Crippen LogP contribution in [0.15, 0.2) is 24.4 Å². The number of thiol groups is 1. The van der Waals surface area contributed by atoms with E-state index in [4.69, 9.17) is 11.6 Å². The van der Waals surface area contributed by atoms with E-state index in [0.717, 1.165) is 5.52 Å². The molecule has 0 aliphatic rings. The Kier molecular flexibility index (Phi) is 3.36. The zero-order valence-corrected chi connectivity index (χ0v) is 10.0. The van der Waals surface area contributed by atoms with Crippen molar-refractivity contribution in [3.8, 4) is 0 Å². The number of amides is 1. The average molecular weight is 256 g/mol. The van der Waals surface area contributed by atoms with Crippen LogP contribution in [0.3, 0.4) is 0 Å². The minimum absolute atomic E-state index is 0.214. The second-order valence-electron chi connectivity index (χ2n) is 3.20. The van der Waals surface area contributed by atoms with Crippen molar-refractivity contribution < 1.29 is 4.79 Å². The molecule has 6 heteroatoms. The van der Waals surface area contributed by atoms with E-state index in [2.05, 4.69) is 23.0 Å². The molecule has 0 saturated heterocycles. The summed E-state index contributed by atoms with van der Waals surface area (Å²) < 4.78 is 1.58. The van der Waals surface area contributed by atoms with Gasteiger partial charge in [-0.15, -0.1) is 0 Å². The summed E-state index contributed by atoms with van der Waals surface area (Å²) in [6, 6.07) is 5.20. The van der Waals surface area contributed by atoms with Crippen LogP contribution in [0.4, 0.5) is 0 Å². The van der Waals surface area contributed by atoms with E-state index in [1.165, 1.54) is 0 Å². The molecular weight excluding hydrogens is 246 g/mol. The van der Waals surface area contributed by atoms with Gasteiger partial charge in [-0.05, 0) is 18.2 Å². The first-order valence-electron chi connectivity index (χ1n) is 4.75. The second-order valence-corrected chi connectivity index (χ2v) is 4.05. The molecule has 0 bridgehead atoms. The van der Waals surface area contributed by atoms with Crippen molar-refractivity contribution in [1.29, 1.82) is 0 Å². The number of carbonyl (C=O) groups is 1. The van der Waals surface area contributed by atoms with Gasteiger partial charge in [-0.25, -0.2) is 4.52 Å². The van der Waals surface area contributed by atoms with Gasteiger partial charge in [0.1, 0.15) is 0 Å². The lowest BCUT2D eigenvalue weighted by molar-refractivity contribution is 0.0951. The summed E-state index contributed by atoms with van der Waals surface area (Å²) in [5.74, 6) is 0.383. The SMILES string of the molecule is O=C(NCCS)c1cc2c(Cl)cccn2n1. The van der Waals surface area contributed by atoms with Gasteiger partial charge in [0, 0.05) is 18.5 Å². The Balaban J connectivity index is 2.32. The van der Waals surface area contributed by atoms with Crippen LogP contribution in [-0.2, 0) is 0 Å². The van der Waals surface area contributed by atoms with Gasteiger partial charge in [-0.2, -0.15) is 17.7 Å². The summed E-state index contributed by atoms with van der Waals surface area (Å²) in [4.78, 5) is 11.6. The first-order chi connectivity index (χ1) is 7.72. The Morgan fingerprint density at radius 3 is 3.12 bits per heavy atom. The van der Waals surface area contributed by atoms with Gasteiger partial charge < -0.3 is 5.32 Å². The van der Waals surface area contributed by atoms with E-state index in [9.17, 15) is 4.79 Å². The maximum atomic E-state index is 11.6. The number of nitrogens with zero attached hydrogens (tertiary/aromatic N) is 2. The number of hydrogen-bond donors (Lipinski definition) is 2. The number of carbonyl (C=O) groups excluding carboxylic acids is 1. The highest BCUT2D eigenvalue weighted by atomic mass is 35.5. The lowest BCUT2D eigenvalue weighted by Crippen LogP contribution is -2.25. The Morgan fingerprint density at radius 1 is 1.62 bits per heavy atom. The quantitative estimate of drug-likeness (QED) is 0.820. The minimum atomic E-state index is -0.214. The number of hydrogen-bond acceptors (Lipinski definition) is 3. The van der Waals surface area contributed by atoms with Crippen molar-refractivity contribution in [2.45, 2.75) is 0 Å². The highest BCUT2D eigenvalue weighted by Crippen LogP contribution is 2.17.